The van der Waals surface area contributed by atoms with Gasteiger partial charge in [-0.25, -0.2) is 0 Å². The lowest BCUT2D eigenvalue weighted by Crippen LogP contribution is -2.17. The minimum atomic E-state index is -2.90. The van der Waals surface area contributed by atoms with Crippen molar-refractivity contribution in [1.82, 2.24) is 4.90 Å². The molecule has 0 N–H and O–H groups in total. The topological polar surface area (TPSA) is 45.5 Å². The molecule has 2 aromatic rings. The van der Waals surface area contributed by atoms with Crippen LogP contribution in [-0.4, -0.2) is 25.7 Å². The zero-order chi connectivity index (χ0) is 17.5. The first-order chi connectivity index (χ1) is 11.5. The number of benzene rings is 2. The quantitative estimate of drug-likeness (QED) is 0.774. The lowest BCUT2D eigenvalue weighted by atomic mass is 10.1. The van der Waals surface area contributed by atoms with E-state index in [1.54, 1.807) is 24.3 Å². The van der Waals surface area contributed by atoms with Gasteiger partial charge in [0.25, 0.3) is 0 Å². The summed E-state index contributed by atoms with van der Waals surface area (Å²) in [6.45, 7) is -1.73. The highest BCUT2D eigenvalue weighted by Gasteiger charge is 2.12. The van der Waals surface area contributed by atoms with E-state index in [1.807, 2.05) is 30.1 Å². The van der Waals surface area contributed by atoms with E-state index in [4.69, 9.17) is 10.00 Å². The summed E-state index contributed by atoms with van der Waals surface area (Å²) in [5, 5.41) is 8.93. The molecule has 0 bridgehead atoms. The van der Waals surface area contributed by atoms with Crippen LogP contribution in [0.25, 0.3) is 0 Å². The molecule has 4 nitrogen and oxygen atoms in total. The monoisotopic (exact) mass is 332 g/mol. The van der Waals surface area contributed by atoms with E-state index in [1.165, 1.54) is 7.11 Å². The summed E-state index contributed by atoms with van der Waals surface area (Å²) in [5.74, 6) is 0.285. The van der Waals surface area contributed by atoms with E-state index in [9.17, 15) is 8.78 Å². The van der Waals surface area contributed by atoms with Gasteiger partial charge in [0, 0.05) is 13.1 Å². The zero-order valence-corrected chi connectivity index (χ0v) is 13.5. The molecule has 0 fully saturated rings. The van der Waals surface area contributed by atoms with E-state index in [0.717, 1.165) is 11.1 Å². The van der Waals surface area contributed by atoms with E-state index >= 15 is 0 Å². The van der Waals surface area contributed by atoms with Gasteiger partial charge < -0.3 is 9.47 Å². The van der Waals surface area contributed by atoms with Gasteiger partial charge >= 0.3 is 6.61 Å². The average Bonchev–Trinajstić information content (AvgIpc) is 2.54. The van der Waals surface area contributed by atoms with Crippen molar-refractivity contribution in [3.63, 3.8) is 0 Å². The second kappa shape index (κ2) is 8.27. The molecular weight excluding hydrogens is 314 g/mol. The number of hydrogen-bond donors (Lipinski definition) is 0. The summed E-state index contributed by atoms with van der Waals surface area (Å²) in [5.41, 5.74) is 2.44. The summed E-state index contributed by atoms with van der Waals surface area (Å²) < 4.78 is 34.5. The van der Waals surface area contributed by atoms with Gasteiger partial charge in [-0.3, -0.25) is 4.90 Å². The molecule has 24 heavy (non-hydrogen) atoms. The van der Waals surface area contributed by atoms with Crippen LogP contribution in [0.4, 0.5) is 8.78 Å². The van der Waals surface area contributed by atoms with Gasteiger partial charge in [0.2, 0.25) is 0 Å². The molecule has 0 spiro atoms. The van der Waals surface area contributed by atoms with Crippen molar-refractivity contribution in [2.24, 2.45) is 0 Å². The van der Waals surface area contributed by atoms with Gasteiger partial charge in [0.05, 0.1) is 18.7 Å². The van der Waals surface area contributed by atoms with Crippen LogP contribution in [0.15, 0.2) is 42.5 Å². The fourth-order valence-corrected chi connectivity index (χ4v) is 2.43. The largest absolute Gasteiger partial charge is 0.493 e. The minimum Gasteiger partial charge on any atom is -0.493 e. The van der Waals surface area contributed by atoms with Gasteiger partial charge in [-0.05, 0) is 42.4 Å². The fourth-order valence-electron chi connectivity index (χ4n) is 2.43. The summed E-state index contributed by atoms with van der Waals surface area (Å²) in [4.78, 5) is 2.02. The molecule has 0 aliphatic rings. The second-order valence-electron chi connectivity index (χ2n) is 5.35. The Labute approximate surface area is 139 Å². The van der Waals surface area contributed by atoms with E-state index in [-0.39, 0.29) is 11.5 Å². The van der Waals surface area contributed by atoms with Crippen LogP contribution in [0.3, 0.4) is 0 Å². The number of nitriles is 1. The number of hydrogen-bond acceptors (Lipinski definition) is 4. The highest BCUT2D eigenvalue weighted by atomic mass is 19.3. The maximum absolute atomic E-state index is 12.5. The second-order valence-corrected chi connectivity index (χ2v) is 5.35. The zero-order valence-electron chi connectivity index (χ0n) is 13.5. The van der Waals surface area contributed by atoms with Gasteiger partial charge in [-0.15, -0.1) is 0 Å². The Morgan fingerprint density at radius 1 is 1.08 bits per heavy atom. The molecule has 0 aliphatic heterocycles. The van der Waals surface area contributed by atoms with Crippen molar-refractivity contribution in [2.45, 2.75) is 19.7 Å². The Kier molecular flexibility index (Phi) is 6.10. The SMILES string of the molecule is COc1ccc(CN(C)Cc2cccc(C#N)c2)cc1OC(F)F. The molecule has 0 atom stereocenters. The van der Waals surface area contributed by atoms with Crippen LogP contribution in [0.2, 0.25) is 0 Å². The molecule has 0 heterocycles. The molecule has 6 heteroatoms. The Morgan fingerprint density at radius 3 is 2.42 bits per heavy atom. The number of alkyl halides is 2. The molecule has 2 rings (SSSR count). The van der Waals surface area contributed by atoms with Gasteiger partial charge in [-0.1, -0.05) is 18.2 Å². The summed E-state index contributed by atoms with van der Waals surface area (Å²) in [6, 6.07) is 14.4. The molecule has 0 amide bonds. The molecule has 0 saturated carbocycles. The lowest BCUT2D eigenvalue weighted by molar-refractivity contribution is -0.0512. The van der Waals surface area contributed by atoms with Crippen molar-refractivity contribution in [3.8, 4) is 17.6 Å². The first-order valence-corrected chi connectivity index (χ1v) is 7.31. The molecule has 0 saturated heterocycles. The molecule has 0 aliphatic carbocycles. The molecule has 0 aromatic heterocycles. The third kappa shape index (κ3) is 4.93. The molecule has 0 unspecified atom stereocenters. The molecule has 126 valence electrons. The standard InChI is InChI=1S/C18H18F2N2O2/c1-22(11-14-5-3-4-13(8-14)10-21)12-15-6-7-16(23-2)17(9-15)24-18(19)20/h3-9,18H,11-12H2,1-2H3. The summed E-state index contributed by atoms with van der Waals surface area (Å²) >= 11 is 0. The van der Waals surface area contributed by atoms with E-state index in [2.05, 4.69) is 10.8 Å². The van der Waals surface area contributed by atoms with Crippen LogP contribution in [0.1, 0.15) is 16.7 Å². The predicted octanol–water partition coefficient (Wildman–Crippen LogP) is 3.80. The van der Waals surface area contributed by atoms with Crippen molar-refractivity contribution in [2.75, 3.05) is 14.2 Å². The van der Waals surface area contributed by atoms with Crippen molar-refractivity contribution >= 4 is 0 Å². The molecular formula is C18H18F2N2O2. The van der Waals surface area contributed by atoms with E-state index in [0.29, 0.717) is 18.7 Å². The van der Waals surface area contributed by atoms with Crippen molar-refractivity contribution < 1.29 is 18.3 Å². The number of methoxy groups -OCH3 is 1. The van der Waals surface area contributed by atoms with Crippen LogP contribution < -0.4 is 9.47 Å². The normalized spacial score (nSPS) is 10.7. The van der Waals surface area contributed by atoms with Crippen LogP contribution in [0.5, 0.6) is 11.5 Å². The third-order valence-corrected chi connectivity index (χ3v) is 3.41. The van der Waals surface area contributed by atoms with E-state index < -0.39 is 6.61 Å². The van der Waals surface area contributed by atoms with Crippen LogP contribution in [-0.2, 0) is 13.1 Å². The highest BCUT2D eigenvalue weighted by Crippen LogP contribution is 2.30. The van der Waals surface area contributed by atoms with Crippen LogP contribution >= 0.6 is 0 Å². The number of nitrogens with zero attached hydrogens (tertiary/aromatic N) is 2. The highest BCUT2D eigenvalue weighted by molar-refractivity contribution is 5.43. The van der Waals surface area contributed by atoms with Crippen molar-refractivity contribution in [1.29, 1.82) is 5.26 Å². The van der Waals surface area contributed by atoms with Crippen LogP contribution in [0, 0.1) is 11.3 Å². The number of halogens is 2. The third-order valence-electron chi connectivity index (χ3n) is 3.41. The van der Waals surface area contributed by atoms with Gasteiger partial charge in [0.1, 0.15) is 0 Å². The fraction of sp³-hybridized carbons (Fsp3) is 0.278. The van der Waals surface area contributed by atoms with Gasteiger partial charge in [-0.2, -0.15) is 14.0 Å². The van der Waals surface area contributed by atoms with Crippen molar-refractivity contribution in [3.05, 3.63) is 59.2 Å². The lowest BCUT2D eigenvalue weighted by Gasteiger charge is -2.18. The first kappa shape index (κ1) is 17.7. The maximum Gasteiger partial charge on any atom is 0.387 e. The summed E-state index contributed by atoms with van der Waals surface area (Å²) in [7, 11) is 3.32. The average molecular weight is 332 g/mol. The Balaban J connectivity index is 2.08. The van der Waals surface area contributed by atoms with Gasteiger partial charge in [0.15, 0.2) is 11.5 Å². The number of ether oxygens (including phenoxy) is 2. The first-order valence-electron chi connectivity index (χ1n) is 7.31. The Bertz CT molecular complexity index is 729. The molecule has 0 radical (unpaired) electrons. The maximum atomic E-state index is 12.5. The Hall–Kier alpha value is -2.65. The smallest absolute Gasteiger partial charge is 0.387 e. The molecule has 2 aromatic carbocycles. The summed E-state index contributed by atoms with van der Waals surface area (Å²) in [6.07, 6.45) is 0. The minimum absolute atomic E-state index is 0.0184. The Morgan fingerprint density at radius 2 is 1.79 bits per heavy atom. The predicted molar refractivity (Wildman–Crippen MR) is 86.0 cm³/mol. The number of rotatable bonds is 7.